The van der Waals surface area contributed by atoms with Crippen LogP contribution < -0.4 is 5.32 Å². The summed E-state index contributed by atoms with van der Waals surface area (Å²) in [4.78, 5) is 0.346. The highest BCUT2D eigenvalue weighted by Crippen LogP contribution is 2.15. The number of hydrogen-bond acceptors (Lipinski definition) is 3. The minimum Gasteiger partial charge on any atom is -0.313 e. The van der Waals surface area contributed by atoms with Gasteiger partial charge in [0.05, 0.1) is 4.90 Å². The van der Waals surface area contributed by atoms with Crippen molar-refractivity contribution < 1.29 is 8.42 Å². The van der Waals surface area contributed by atoms with Crippen molar-refractivity contribution in [3.63, 3.8) is 0 Å². The zero-order valence-electron chi connectivity index (χ0n) is 12.3. The van der Waals surface area contributed by atoms with Gasteiger partial charge in [0.1, 0.15) is 0 Å². The van der Waals surface area contributed by atoms with E-state index >= 15 is 0 Å². The minimum absolute atomic E-state index is 0.346. The molecule has 1 rings (SSSR count). The summed E-state index contributed by atoms with van der Waals surface area (Å²) in [6, 6.07) is 7.05. The first-order valence-corrected chi connectivity index (χ1v) is 8.33. The summed E-state index contributed by atoms with van der Waals surface area (Å²) in [5, 5.41) is 3.21. The smallest absolute Gasteiger partial charge is 0.242 e. The molecular weight excluding hydrogens is 272 g/mol. The van der Waals surface area contributed by atoms with Crippen LogP contribution >= 0.6 is 0 Å². The van der Waals surface area contributed by atoms with E-state index in [9.17, 15) is 8.42 Å². The molecule has 0 aromatic heterocycles. The monoisotopic (exact) mass is 296 g/mol. The van der Waals surface area contributed by atoms with E-state index < -0.39 is 10.0 Å². The summed E-state index contributed by atoms with van der Waals surface area (Å²) in [5.41, 5.74) is 1.08. The molecule has 0 spiro atoms. The molecule has 1 aromatic carbocycles. The van der Waals surface area contributed by atoms with Crippen molar-refractivity contribution in [2.24, 2.45) is 0 Å². The fourth-order valence-corrected chi connectivity index (χ4v) is 3.02. The molecule has 0 heterocycles. The molecule has 0 aliphatic heterocycles. The molecule has 20 heavy (non-hydrogen) atoms. The quantitative estimate of drug-likeness (QED) is 0.562. The molecule has 4 nitrogen and oxygen atoms in total. The maximum atomic E-state index is 12.3. The van der Waals surface area contributed by atoms with Crippen LogP contribution in [-0.4, -0.2) is 32.9 Å². The summed E-state index contributed by atoms with van der Waals surface area (Å²) < 4.78 is 26.1. The predicted molar refractivity (Wildman–Crippen MR) is 83.1 cm³/mol. The molecule has 0 saturated carbocycles. The van der Waals surface area contributed by atoms with E-state index in [1.165, 1.54) is 4.31 Å². The van der Waals surface area contributed by atoms with E-state index in [4.69, 9.17) is 0 Å². The lowest BCUT2D eigenvalue weighted by atomic mass is 10.2. The van der Waals surface area contributed by atoms with Gasteiger partial charge in [-0.15, -0.1) is 6.58 Å². The van der Waals surface area contributed by atoms with Gasteiger partial charge in [-0.05, 0) is 37.1 Å². The second-order valence-electron chi connectivity index (χ2n) is 4.68. The van der Waals surface area contributed by atoms with Gasteiger partial charge in [0, 0.05) is 20.1 Å². The Hall–Kier alpha value is -1.17. The normalized spacial score (nSPS) is 11.8. The zero-order valence-corrected chi connectivity index (χ0v) is 13.1. The third-order valence-corrected chi connectivity index (χ3v) is 4.96. The SMILES string of the molecule is C=CCCCN(C)S(=O)(=O)c1ccc(CNCC)cc1. The van der Waals surface area contributed by atoms with Crippen LogP contribution in [0.5, 0.6) is 0 Å². The molecule has 1 aromatic rings. The maximum absolute atomic E-state index is 12.3. The van der Waals surface area contributed by atoms with Crippen LogP contribution in [0.1, 0.15) is 25.3 Å². The van der Waals surface area contributed by atoms with Gasteiger partial charge in [-0.2, -0.15) is 0 Å². The van der Waals surface area contributed by atoms with Crippen molar-refractivity contribution in [2.45, 2.75) is 31.2 Å². The zero-order chi connectivity index (χ0) is 15.0. The number of allylic oxidation sites excluding steroid dienone is 1. The van der Waals surface area contributed by atoms with Crippen molar-refractivity contribution in [1.82, 2.24) is 9.62 Å². The molecule has 0 fully saturated rings. The maximum Gasteiger partial charge on any atom is 0.242 e. The second-order valence-corrected chi connectivity index (χ2v) is 6.73. The third-order valence-electron chi connectivity index (χ3n) is 3.09. The van der Waals surface area contributed by atoms with Crippen molar-refractivity contribution in [3.05, 3.63) is 42.5 Å². The van der Waals surface area contributed by atoms with E-state index in [-0.39, 0.29) is 0 Å². The van der Waals surface area contributed by atoms with E-state index in [0.717, 1.165) is 31.5 Å². The number of nitrogens with zero attached hydrogens (tertiary/aromatic N) is 1. The van der Waals surface area contributed by atoms with Gasteiger partial charge in [-0.25, -0.2) is 12.7 Å². The van der Waals surface area contributed by atoms with Crippen LogP contribution in [0, 0.1) is 0 Å². The highest BCUT2D eigenvalue weighted by molar-refractivity contribution is 7.89. The lowest BCUT2D eigenvalue weighted by molar-refractivity contribution is 0.463. The lowest BCUT2D eigenvalue weighted by Crippen LogP contribution is -2.28. The fourth-order valence-electron chi connectivity index (χ4n) is 1.81. The number of sulfonamides is 1. The van der Waals surface area contributed by atoms with Crippen LogP contribution in [0.2, 0.25) is 0 Å². The number of hydrogen-bond donors (Lipinski definition) is 1. The molecule has 0 atom stereocenters. The van der Waals surface area contributed by atoms with Gasteiger partial charge in [0.2, 0.25) is 10.0 Å². The largest absolute Gasteiger partial charge is 0.313 e. The second kappa shape index (κ2) is 8.19. The Morgan fingerprint density at radius 1 is 1.30 bits per heavy atom. The molecule has 112 valence electrons. The topological polar surface area (TPSA) is 49.4 Å². The lowest BCUT2D eigenvalue weighted by Gasteiger charge is -2.17. The van der Waals surface area contributed by atoms with E-state index in [1.54, 1.807) is 25.3 Å². The third kappa shape index (κ3) is 4.74. The van der Waals surface area contributed by atoms with E-state index in [0.29, 0.717) is 11.4 Å². The van der Waals surface area contributed by atoms with Crippen molar-refractivity contribution in [2.75, 3.05) is 20.1 Å². The van der Waals surface area contributed by atoms with Gasteiger partial charge in [0.15, 0.2) is 0 Å². The van der Waals surface area contributed by atoms with Crippen LogP contribution in [0.3, 0.4) is 0 Å². The molecule has 0 amide bonds. The molecule has 0 bridgehead atoms. The summed E-state index contributed by atoms with van der Waals surface area (Å²) in [6.45, 7) is 7.84. The van der Waals surface area contributed by atoms with Gasteiger partial charge < -0.3 is 5.32 Å². The van der Waals surface area contributed by atoms with Crippen LogP contribution in [0.4, 0.5) is 0 Å². The van der Waals surface area contributed by atoms with Crippen molar-refractivity contribution in [3.8, 4) is 0 Å². The van der Waals surface area contributed by atoms with Gasteiger partial charge in [-0.1, -0.05) is 25.1 Å². The van der Waals surface area contributed by atoms with Crippen molar-refractivity contribution in [1.29, 1.82) is 0 Å². The average molecular weight is 296 g/mol. The number of unbranched alkanes of at least 4 members (excludes halogenated alkanes) is 1. The van der Waals surface area contributed by atoms with E-state index in [2.05, 4.69) is 11.9 Å². The number of rotatable bonds is 9. The molecule has 5 heteroatoms. The van der Waals surface area contributed by atoms with Gasteiger partial charge in [0.25, 0.3) is 0 Å². The Kier molecular flexibility index (Phi) is 6.91. The van der Waals surface area contributed by atoms with Gasteiger partial charge in [-0.3, -0.25) is 0 Å². The summed E-state index contributed by atoms with van der Waals surface area (Å²) in [7, 11) is -1.76. The molecule has 0 radical (unpaired) electrons. The van der Waals surface area contributed by atoms with Crippen LogP contribution in [0.15, 0.2) is 41.8 Å². The first-order chi connectivity index (χ1) is 9.52. The Morgan fingerprint density at radius 2 is 1.95 bits per heavy atom. The molecular formula is C15H24N2O2S. The summed E-state index contributed by atoms with van der Waals surface area (Å²) in [5.74, 6) is 0. The van der Waals surface area contributed by atoms with Crippen molar-refractivity contribution >= 4 is 10.0 Å². The average Bonchev–Trinajstić information content (AvgIpc) is 2.45. The highest BCUT2D eigenvalue weighted by Gasteiger charge is 2.19. The first kappa shape index (κ1) is 16.9. The van der Waals surface area contributed by atoms with Crippen LogP contribution in [-0.2, 0) is 16.6 Å². The summed E-state index contributed by atoms with van der Waals surface area (Å²) in [6.07, 6.45) is 3.41. The standard InChI is InChI=1S/C15H24N2O2S/c1-4-6-7-12-17(3)20(18,19)15-10-8-14(9-11-15)13-16-5-2/h4,8-11,16H,1,5-7,12-13H2,2-3H3. The molecule has 0 aliphatic rings. The summed E-state index contributed by atoms with van der Waals surface area (Å²) >= 11 is 0. The Labute approximate surface area is 122 Å². The highest BCUT2D eigenvalue weighted by atomic mass is 32.2. The molecule has 0 saturated heterocycles. The van der Waals surface area contributed by atoms with Crippen LogP contribution in [0.25, 0.3) is 0 Å². The number of nitrogens with one attached hydrogen (secondary N) is 1. The fraction of sp³-hybridized carbons (Fsp3) is 0.467. The molecule has 0 aliphatic carbocycles. The Bertz CT molecular complexity index is 509. The molecule has 0 unspecified atom stereocenters. The Balaban J connectivity index is 2.73. The first-order valence-electron chi connectivity index (χ1n) is 6.89. The van der Waals surface area contributed by atoms with E-state index in [1.807, 2.05) is 19.1 Å². The minimum atomic E-state index is -3.38. The van der Waals surface area contributed by atoms with Gasteiger partial charge >= 0.3 is 0 Å². The predicted octanol–water partition coefficient (Wildman–Crippen LogP) is 2.38. The molecule has 1 N–H and O–H groups in total. The number of benzene rings is 1. The Morgan fingerprint density at radius 3 is 2.50 bits per heavy atom.